The third kappa shape index (κ3) is 5.81. The monoisotopic (exact) mass is 512 g/mol. The molecule has 1 aliphatic rings. The van der Waals surface area contributed by atoms with Crippen LogP contribution in [0, 0.1) is 11.3 Å². The summed E-state index contributed by atoms with van der Waals surface area (Å²) in [5.74, 6) is 0.791. The molecule has 0 spiro atoms. The molecule has 1 N–H and O–H groups in total. The molecule has 5 rings (SSSR count). The molecule has 1 saturated heterocycles. The van der Waals surface area contributed by atoms with Crippen molar-refractivity contribution < 1.29 is 13.2 Å². The Hall–Kier alpha value is -3.77. The van der Waals surface area contributed by atoms with E-state index in [0.717, 1.165) is 54.6 Å². The Bertz CT molecular complexity index is 1510. The summed E-state index contributed by atoms with van der Waals surface area (Å²) < 4.78 is 35.2. The van der Waals surface area contributed by atoms with E-state index in [2.05, 4.69) is 20.7 Å². The van der Waals surface area contributed by atoms with Crippen LogP contribution in [-0.2, 0) is 10.0 Å². The first-order valence-corrected chi connectivity index (χ1v) is 13.9. The van der Waals surface area contributed by atoms with Gasteiger partial charge in [-0.1, -0.05) is 42.5 Å². The third-order valence-electron chi connectivity index (χ3n) is 6.60. The van der Waals surface area contributed by atoms with Crippen molar-refractivity contribution in [3.8, 4) is 22.9 Å². The van der Waals surface area contributed by atoms with Crippen molar-refractivity contribution in [2.75, 3.05) is 19.7 Å². The number of nitriles is 1. The molecule has 4 aromatic rings. The van der Waals surface area contributed by atoms with E-state index in [4.69, 9.17) is 10.00 Å². The third-order valence-corrected chi connectivity index (χ3v) is 8.09. The minimum absolute atomic E-state index is 0.213. The molecule has 0 radical (unpaired) electrons. The molecule has 1 aromatic heterocycles. The van der Waals surface area contributed by atoms with Crippen molar-refractivity contribution in [2.45, 2.75) is 30.3 Å². The highest BCUT2D eigenvalue weighted by Gasteiger charge is 2.29. The molecule has 2 heterocycles. The molecular weight excluding hydrogens is 484 g/mol. The highest BCUT2D eigenvalue weighted by molar-refractivity contribution is 7.89. The average Bonchev–Trinajstić information content (AvgIpc) is 3.37. The number of hydrogen-bond donors (Lipinski definition) is 1. The average molecular weight is 513 g/mol. The van der Waals surface area contributed by atoms with Crippen molar-refractivity contribution in [3.05, 3.63) is 90.6 Å². The molecule has 3 aromatic carbocycles. The summed E-state index contributed by atoms with van der Waals surface area (Å²) >= 11 is 0. The van der Waals surface area contributed by atoms with E-state index in [-0.39, 0.29) is 11.1 Å². The van der Waals surface area contributed by atoms with Gasteiger partial charge in [-0.3, -0.25) is 9.88 Å². The molecular formula is C29H28N4O3S. The number of sulfonamides is 1. The second-order valence-corrected chi connectivity index (χ2v) is 10.7. The molecule has 0 aliphatic carbocycles. The second kappa shape index (κ2) is 11.1. The summed E-state index contributed by atoms with van der Waals surface area (Å²) in [7, 11) is -3.71. The first kappa shape index (κ1) is 24.9. The van der Waals surface area contributed by atoms with Gasteiger partial charge in [0.2, 0.25) is 10.0 Å². The summed E-state index contributed by atoms with van der Waals surface area (Å²) in [6, 6.07) is 26.4. The smallest absolute Gasteiger partial charge is 0.244 e. The summed E-state index contributed by atoms with van der Waals surface area (Å²) in [5.41, 5.74) is 3.24. The number of aromatic nitrogens is 1. The molecule has 37 heavy (non-hydrogen) atoms. The molecule has 7 nitrogen and oxygen atoms in total. The molecule has 1 atom stereocenters. The van der Waals surface area contributed by atoms with Crippen LogP contribution < -0.4 is 9.46 Å². The number of nitrogens with zero attached hydrogens (tertiary/aromatic N) is 3. The first-order valence-electron chi connectivity index (χ1n) is 12.4. The zero-order chi connectivity index (χ0) is 25.7. The fourth-order valence-electron chi connectivity index (χ4n) is 4.70. The van der Waals surface area contributed by atoms with Crippen LogP contribution in [0.2, 0.25) is 0 Å². The lowest BCUT2D eigenvalue weighted by Gasteiger charge is -2.25. The van der Waals surface area contributed by atoms with Crippen LogP contribution in [0.4, 0.5) is 0 Å². The SMILES string of the molecule is N#Cc1ccc(-c2ccc(OCCCN3CCCC3NS(=O)(=O)c3cccc4cccnc34)cc2)cc1. The zero-order valence-electron chi connectivity index (χ0n) is 20.4. The minimum atomic E-state index is -3.71. The van der Waals surface area contributed by atoms with Gasteiger partial charge in [0.15, 0.2) is 0 Å². The fourth-order valence-corrected chi connectivity index (χ4v) is 6.14. The van der Waals surface area contributed by atoms with Gasteiger partial charge in [-0.15, -0.1) is 0 Å². The maximum Gasteiger partial charge on any atom is 0.244 e. The van der Waals surface area contributed by atoms with Crippen molar-refractivity contribution >= 4 is 20.9 Å². The van der Waals surface area contributed by atoms with E-state index in [1.54, 1.807) is 24.4 Å². The Balaban J connectivity index is 1.14. The number of nitrogens with one attached hydrogen (secondary N) is 1. The van der Waals surface area contributed by atoms with Gasteiger partial charge < -0.3 is 4.74 Å². The van der Waals surface area contributed by atoms with E-state index >= 15 is 0 Å². The molecule has 0 amide bonds. The van der Waals surface area contributed by atoms with Crippen molar-refractivity contribution in [3.63, 3.8) is 0 Å². The number of fused-ring (bicyclic) bond motifs is 1. The lowest BCUT2D eigenvalue weighted by Crippen LogP contribution is -2.44. The number of para-hydroxylation sites is 1. The van der Waals surface area contributed by atoms with E-state index in [1.807, 2.05) is 60.7 Å². The summed E-state index contributed by atoms with van der Waals surface area (Å²) in [4.78, 5) is 6.69. The quantitative estimate of drug-likeness (QED) is 0.319. The highest BCUT2D eigenvalue weighted by Crippen LogP contribution is 2.25. The van der Waals surface area contributed by atoms with Gasteiger partial charge in [-0.2, -0.15) is 9.98 Å². The number of hydrogen-bond acceptors (Lipinski definition) is 6. The van der Waals surface area contributed by atoms with Crippen LogP contribution in [0.5, 0.6) is 5.75 Å². The van der Waals surface area contributed by atoms with Gasteiger partial charge >= 0.3 is 0 Å². The second-order valence-electron chi connectivity index (χ2n) is 9.06. The maximum atomic E-state index is 13.2. The number of ether oxygens (including phenoxy) is 1. The number of pyridine rings is 1. The summed E-state index contributed by atoms with van der Waals surface area (Å²) in [6.07, 6.45) is 3.87. The Morgan fingerprint density at radius 3 is 2.49 bits per heavy atom. The molecule has 0 saturated carbocycles. The minimum Gasteiger partial charge on any atom is -0.494 e. The predicted octanol–water partition coefficient (Wildman–Crippen LogP) is 4.94. The zero-order valence-corrected chi connectivity index (χ0v) is 21.2. The number of likely N-dealkylation sites (tertiary alicyclic amines) is 1. The first-order chi connectivity index (χ1) is 18.0. The number of benzene rings is 3. The Labute approximate surface area is 217 Å². The van der Waals surface area contributed by atoms with Crippen LogP contribution in [0.1, 0.15) is 24.8 Å². The summed E-state index contributed by atoms with van der Waals surface area (Å²) in [6.45, 7) is 2.13. The maximum absolute atomic E-state index is 13.2. The lowest BCUT2D eigenvalue weighted by molar-refractivity contribution is 0.214. The Kier molecular flexibility index (Phi) is 7.47. The molecule has 8 heteroatoms. The van der Waals surface area contributed by atoms with Crippen molar-refractivity contribution in [2.24, 2.45) is 0 Å². The number of rotatable bonds is 9. The molecule has 1 fully saturated rings. The summed E-state index contributed by atoms with van der Waals surface area (Å²) in [5, 5.41) is 9.75. The standard InChI is InChI=1S/C29H28N4O3S/c30-21-22-9-11-23(12-10-22)24-13-15-26(16-14-24)36-20-4-19-33-18-3-8-28(33)32-37(34,35)27-7-1-5-25-6-2-17-31-29(25)27/h1-2,5-7,9-17,28,32H,3-4,8,18-20H2. The van der Waals surface area contributed by atoms with Gasteiger partial charge in [0.05, 0.1) is 29.9 Å². The topological polar surface area (TPSA) is 95.3 Å². The van der Waals surface area contributed by atoms with Crippen molar-refractivity contribution in [1.29, 1.82) is 5.26 Å². The van der Waals surface area contributed by atoms with Crippen LogP contribution in [0.25, 0.3) is 22.0 Å². The largest absolute Gasteiger partial charge is 0.494 e. The van der Waals surface area contributed by atoms with Gasteiger partial charge in [-0.05, 0) is 73.3 Å². The van der Waals surface area contributed by atoms with E-state index in [0.29, 0.717) is 17.7 Å². The molecule has 1 aliphatic heterocycles. The van der Waals surface area contributed by atoms with E-state index < -0.39 is 10.0 Å². The molecule has 188 valence electrons. The van der Waals surface area contributed by atoms with Crippen LogP contribution in [-0.4, -0.2) is 44.2 Å². The fraction of sp³-hybridized carbons (Fsp3) is 0.241. The van der Waals surface area contributed by atoms with Crippen LogP contribution >= 0.6 is 0 Å². The van der Waals surface area contributed by atoms with Crippen LogP contribution in [0.3, 0.4) is 0 Å². The molecule has 0 bridgehead atoms. The Morgan fingerprint density at radius 1 is 1.00 bits per heavy atom. The predicted molar refractivity (Wildman–Crippen MR) is 143 cm³/mol. The molecule has 1 unspecified atom stereocenters. The van der Waals surface area contributed by atoms with E-state index in [1.165, 1.54) is 0 Å². The van der Waals surface area contributed by atoms with Gasteiger partial charge in [0, 0.05) is 18.1 Å². The Morgan fingerprint density at radius 2 is 1.73 bits per heavy atom. The van der Waals surface area contributed by atoms with E-state index in [9.17, 15) is 8.42 Å². The van der Waals surface area contributed by atoms with Crippen molar-refractivity contribution in [1.82, 2.24) is 14.6 Å². The highest BCUT2D eigenvalue weighted by atomic mass is 32.2. The lowest BCUT2D eigenvalue weighted by atomic mass is 10.0. The van der Waals surface area contributed by atoms with Gasteiger partial charge in [-0.25, -0.2) is 8.42 Å². The van der Waals surface area contributed by atoms with Gasteiger partial charge in [0.1, 0.15) is 10.6 Å². The normalized spacial score (nSPS) is 16.0. The van der Waals surface area contributed by atoms with Gasteiger partial charge in [0.25, 0.3) is 0 Å². The van der Waals surface area contributed by atoms with Crippen LogP contribution in [0.15, 0.2) is 90.0 Å².